The molecule has 0 aliphatic heterocycles. The quantitative estimate of drug-likeness (QED) is 0.721. The average molecular weight is 251 g/mol. The lowest BCUT2D eigenvalue weighted by molar-refractivity contribution is -0.198. The standard InChI is InChI=1S/C8H8F3N3O3/c9-8(10,11)5(15)2-13-6-3-12-1-4(14-6)7(16)17/h1,3,5,15H,2H2,(H,13,14)(H,16,17). The molecule has 1 atom stereocenters. The number of hydrogen-bond donors (Lipinski definition) is 3. The van der Waals surface area contributed by atoms with E-state index < -0.39 is 30.5 Å². The molecule has 0 aromatic carbocycles. The van der Waals surface area contributed by atoms with Crippen molar-refractivity contribution in [3.05, 3.63) is 18.1 Å². The van der Waals surface area contributed by atoms with Gasteiger partial charge in [-0.2, -0.15) is 13.2 Å². The molecule has 1 heterocycles. The first-order chi connectivity index (χ1) is 7.80. The van der Waals surface area contributed by atoms with Crippen molar-refractivity contribution in [2.45, 2.75) is 12.3 Å². The third kappa shape index (κ3) is 3.87. The molecule has 0 spiro atoms. The van der Waals surface area contributed by atoms with E-state index in [0.717, 1.165) is 12.4 Å². The summed E-state index contributed by atoms with van der Waals surface area (Å²) in [7, 11) is 0. The molecule has 9 heteroatoms. The number of alkyl halides is 3. The van der Waals surface area contributed by atoms with Gasteiger partial charge in [-0.05, 0) is 0 Å². The Hall–Kier alpha value is -1.90. The van der Waals surface area contributed by atoms with Crippen LogP contribution in [-0.4, -0.2) is 45.0 Å². The molecule has 0 aliphatic carbocycles. The van der Waals surface area contributed by atoms with E-state index in [1.54, 1.807) is 0 Å². The van der Waals surface area contributed by atoms with Crippen molar-refractivity contribution in [3.63, 3.8) is 0 Å². The second-order valence-electron chi connectivity index (χ2n) is 3.03. The highest BCUT2D eigenvalue weighted by Crippen LogP contribution is 2.20. The van der Waals surface area contributed by atoms with Crippen LogP contribution in [0.1, 0.15) is 10.5 Å². The summed E-state index contributed by atoms with van der Waals surface area (Å²) in [4.78, 5) is 17.4. The fraction of sp³-hybridized carbons (Fsp3) is 0.375. The van der Waals surface area contributed by atoms with Crippen LogP contribution < -0.4 is 5.32 Å². The number of carboxylic acid groups (broad SMARTS) is 1. The number of halogens is 3. The van der Waals surface area contributed by atoms with Crippen molar-refractivity contribution in [1.82, 2.24) is 9.97 Å². The van der Waals surface area contributed by atoms with Gasteiger partial charge in [0.05, 0.1) is 18.9 Å². The number of anilines is 1. The molecule has 1 rings (SSSR count). The number of carbonyl (C=O) groups is 1. The Labute approximate surface area is 93.1 Å². The highest BCUT2D eigenvalue weighted by Gasteiger charge is 2.37. The first kappa shape index (κ1) is 13.2. The molecule has 17 heavy (non-hydrogen) atoms. The number of hydrogen-bond acceptors (Lipinski definition) is 5. The van der Waals surface area contributed by atoms with Crippen LogP contribution in [0.4, 0.5) is 19.0 Å². The van der Waals surface area contributed by atoms with Crippen LogP contribution in [0.25, 0.3) is 0 Å². The van der Waals surface area contributed by atoms with Gasteiger partial charge in [-0.15, -0.1) is 0 Å². The van der Waals surface area contributed by atoms with Crippen LogP contribution in [0, 0.1) is 0 Å². The Morgan fingerprint density at radius 3 is 2.65 bits per heavy atom. The minimum atomic E-state index is -4.75. The monoisotopic (exact) mass is 251 g/mol. The summed E-state index contributed by atoms with van der Waals surface area (Å²) in [5.41, 5.74) is -0.406. The number of aromatic carboxylic acids is 1. The number of carboxylic acids is 1. The van der Waals surface area contributed by atoms with E-state index in [9.17, 15) is 18.0 Å². The van der Waals surface area contributed by atoms with E-state index >= 15 is 0 Å². The summed E-state index contributed by atoms with van der Waals surface area (Å²) >= 11 is 0. The molecule has 0 amide bonds. The first-order valence-electron chi connectivity index (χ1n) is 4.34. The number of aliphatic hydroxyl groups excluding tert-OH is 1. The van der Waals surface area contributed by atoms with Crippen LogP contribution in [-0.2, 0) is 0 Å². The molecule has 0 bridgehead atoms. The number of nitrogens with zero attached hydrogens (tertiary/aromatic N) is 2. The maximum atomic E-state index is 11.9. The molecule has 1 unspecified atom stereocenters. The minimum absolute atomic E-state index is 0.159. The third-order valence-corrected chi connectivity index (χ3v) is 1.71. The van der Waals surface area contributed by atoms with Gasteiger partial charge in [0.15, 0.2) is 11.8 Å². The third-order valence-electron chi connectivity index (χ3n) is 1.71. The van der Waals surface area contributed by atoms with Gasteiger partial charge in [0, 0.05) is 0 Å². The topological polar surface area (TPSA) is 95.3 Å². The van der Waals surface area contributed by atoms with Gasteiger partial charge in [-0.25, -0.2) is 9.78 Å². The fourth-order valence-electron chi connectivity index (χ4n) is 0.871. The lowest BCUT2D eigenvalue weighted by Crippen LogP contribution is -2.35. The zero-order valence-electron chi connectivity index (χ0n) is 8.27. The maximum Gasteiger partial charge on any atom is 0.416 e. The van der Waals surface area contributed by atoms with Gasteiger partial charge in [-0.3, -0.25) is 4.98 Å². The Balaban J connectivity index is 2.64. The van der Waals surface area contributed by atoms with Gasteiger partial charge >= 0.3 is 12.1 Å². The highest BCUT2D eigenvalue weighted by molar-refractivity contribution is 5.85. The number of aromatic nitrogens is 2. The second-order valence-corrected chi connectivity index (χ2v) is 3.03. The molecule has 94 valence electrons. The molecule has 6 nitrogen and oxygen atoms in total. The summed E-state index contributed by atoms with van der Waals surface area (Å²) < 4.78 is 35.8. The average Bonchev–Trinajstić information content (AvgIpc) is 2.25. The van der Waals surface area contributed by atoms with Crippen LogP contribution in [0.15, 0.2) is 12.4 Å². The minimum Gasteiger partial charge on any atom is -0.476 e. The highest BCUT2D eigenvalue weighted by atomic mass is 19.4. The Morgan fingerprint density at radius 1 is 1.47 bits per heavy atom. The Bertz CT molecular complexity index is 410. The van der Waals surface area contributed by atoms with Crippen molar-refractivity contribution in [3.8, 4) is 0 Å². The van der Waals surface area contributed by atoms with Crippen molar-refractivity contribution in [1.29, 1.82) is 0 Å². The van der Waals surface area contributed by atoms with Gasteiger partial charge in [0.2, 0.25) is 0 Å². The summed E-state index contributed by atoms with van der Waals surface area (Å²) in [5, 5.41) is 19.4. The summed E-state index contributed by atoms with van der Waals surface area (Å²) in [6, 6.07) is 0. The van der Waals surface area contributed by atoms with Crippen LogP contribution in [0.3, 0.4) is 0 Å². The number of aliphatic hydroxyl groups is 1. The number of nitrogens with one attached hydrogen (secondary N) is 1. The molecule has 0 fully saturated rings. The largest absolute Gasteiger partial charge is 0.476 e. The van der Waals surface area contributed by atoms with Gasteiger partial charge in [0.1, 0.15) is 5.82 Å². The molecule has 0 aliphatic rings. The summed E-state index contributed by atoms with van der Waals surface area (Å²) in [6.07, 6.45) is -5.30. The molecular weight excluding hydrogens is 243 g/mol. The van der Waals surface area contributed by atoms with Crippen LogP contribution in [0.2, 0.25) is 0 Å². The summed E-state index contributed by atoms with van der Waals surface area (Å²) in [6.45, 7) is -0.832. The van der Waals surface area contributed by atoms with E-state index in [0.29, 0.717) is 0 Å². The zero-order chi connectivity index (χ0) is 13.1. The van der Waals surface area contributed by atoms with E-state index in [-0.39, 0.29) is 5.82 Å². The molecular formula is C8H8F3N3O3. The predicted molar refractivity (Wildman–Crippen MR) is 49.5 cm³/mol. The second kappa shape index (κ2) is 4.95. The lowest BCUT2D eigenvalue weighted by Gasteiger charge is -2.15. The smallest absolute Gasteiger partial charge is 0.416 e. The molecule has 1 aromatic heterocycles. The lowest BCUT2D eigenvalue weighted by atomic mass is 10.3. The first-order valence-corrected chi connectivity index (χ1v) is 4.34. The van der Waals surface area contributed by atoms with Gasteiger partial charge in [0.25, 0.3) is 0 Å². The summed E-state index contributed by atoms with van der Waals surface area (Å²) in [5.74, 6) is -1.51. The normalized spacial score (nSPS) is 13.2. The molecule has 0 saturated heterocycles. The molecule has 0 saturated carbocycles. The molecule has 0 radical (unpaired) electrons. The van der Waals surface area contributed by atoms with Crippen molar-refractivity contribution >= 4 is 11.8 Å². The van der Waals surface area contributed by atoms with Crippen molar-refractivity contribution in [2.24, 2.45) is 0 Å². The predicted octanol–water partition coefficient (Wildman–Crippen LogP) is 0.510. The fourth-order valence-corrected chi connectivity index (χ4v) is 0.871. The van der Waals surface area contributed by atoms with Crippen molar-refractivity contribution in [2.75, 3.05) is 11.9 Å². The van der Waals surface area contributed by atoms with Gasteiger partial charge < -0.3 is 15.5 Å². The van der Waals surface area contributed by atoms with Crippen LogP contribution >= 0.6 is 0 Å². The van der Waals surface area contributed by atoms with E-state index in [1.165, 1.54) is 0 Å². The van der Waals surface area contributed by atoms with Crippen molar-refractivity contribution < 1.29 is 28.2 Å². The van der Waals surface area contributed by atoms with E-state index in [4.69, 9.17) is 10.2 Å². The maximum absolute atomic E-state index is 11.9. The zero-order valence-corrected chi connectivity index (χ0v) is 8.27. The Kier molecular flexibility index (Phi) is 3.84. The molecule has 3 N–H and O–H groups in total. The van der Waals surface area contributed by atoms with E-state index in [1.807, 2.05) is 0 Å². The SMILES string of the molecule is O=C(O)c1cncc(NCC(O)C(F)(F)F)n1. The van der Waals surface area contributed by atoms with Crippen LogP contribution in [0.5, 0.6) is 0 Å². The number of rotatable bonds is 4. The van der Waals surface area contributed by atoms with Gasteiger partial charge in [-0.1, -0.05) is 0 Å². The van der Waals surface area contributed by atoms with E-state index in [2.05, 4.69) is 15.3 Å². The molecule has 1 aromatic rings. The Morgan fingerprint density at radius 2 is 2.12 bits per heavy atom.